The number of aliphatic hydroxyl groups excluding tert-OH is 1. The number of aliphatic hydroxyl groups is 1. The number of alkyl halides is 3. The Hall–Kier alpha value is -1.02. The lowest BCUT2D eigenvalue weighted by atomic mass is 9.77. The highest BCUT2D eigenvalue weighted by Crippen LogP contribution is 2.39. The molecule has 1 aromatic rings. The molecule has 8 heteroatoms. The van der Waals surface area contributed by atoms with E-state index in [0.717, 1.165) is 6.07 Å². The maximum absolute atomic E-state index is 12.9. The van der Waals surface area contributed by atoms with Crippen LogP contribution in [-0.4, -0.2) is 30.0 Å². The van der Waals surface area contributed by atoms with E-state index in [4.69, 9.17) is 20.9 Å². The molecule has 0 aromatic heterocycles. The Morgan fingerprint density at radius 2 is 1.75 bits per heavy atom. The standard InChI is InChI=1S/C16H19BClF3O3/c1-14(2)15(3,4)24-17(23-14)11(9-22)7-10-5-6-13(18)12(8-10)16(19,20)21/h5-8,22H,9H2,1-4H3. The van der Waals surface area contributed by atoms with Crippen LogP contribution >= 0.6 is 11.6 Å². The molecule has 2 rings (SSSR count). The van der Waals surface area contributed by atoms with Crippen molar-refractivity contribution in [3.8, 4) is 0 Å². The van der Waals surface area contributed by atoms with Gasteiger partial charge >= 0.3 is 13.3 Å². The molecule has 0 spiro atoms. The minimum absolute atomic E-state index is 0.255. The largest absolute Gasteiger partial charge is 0.492 e. The molecule has 0 amide bonds. The summed E-state index contributed by atoms with van der Waals surface area (Å²) in [5.41, 5.74) is -1.55. The van der Waals surface area contributed by atoms with Gasteiger partial charge in [0, 0.05) is 0 Å². The molecule has 0 aliphatic carbocycles. The first kappa shape index (κ1) is 19.3. The summed E-state index contributed by atoms with van der Waals surface area (Å²) in [6, 6.07) is 3.55. The maximum Gasteiger partial charge on any atom is 0.492 e. The molecule has 1 aliphatic rings. The fraction of sp³-hybridized carbons (Fsp3) is 0.500. The van der Waals surface area contributed by atoms with Crippen molar-refractivity contribution in [1.82, 2.24) is 0 Å². The highest BCUT2D eigenvalue weighted by Gasteiger charge is 2.52. The normalized spacial score (nSPS) is 20.5. The second-order valence-corrected chi connectivity index (χ2v) is 7.11. The number of halogens is 4. The van der Waals surface area contributed by atoms with Gasteiger partial charge in [-0.05, 0) is 50.9 Å². The summed E-state index contributed by atoms with van der Waals surface area (Å²) >= 11 is 5.61. The van der Waals surface area contributed by atoms with Gasteiger partial charge in [-0.15, -0.1) is 0 Å². The Labute approximate surface area is 144 Å². The fourth-order valence-electron chi connectivity index (χ4n) is 2.25. The van der Waals surface area contributed by atoms with Crippen molar-refractivity contribution < 1.29 is 27.6 Å². The summed E-state index contributed by atoms with van der Waals surface area (Å²) in [4.78, 5) is 0. The second kappa shape index (κ2) is 6.37. The molecule has 0 bridgehead atoms. The van der Waals surface area contributed by atoms with Crippen LogP contribution in [0.15, 0.2) is 23.7 Å². The van der Waals surface area contributed by atoms with Gasteiger partial charge in [-0.1, -0.05) is 23.7 Å². The number of hydrogen-bond donors (Lipinski definition) is 1. The van der Waals surface area contributed by atoms with E-state index in [1.54, 1.807) is 0 Å². The summed E-state index contributed by atoms with van der Waals surface area (Å²) < 4.78 is 50.5. The van der Waals surface area contributed by atoms with E-state index in [1.165, 1.54) is 18.2 Å². The van der Waals surface area contributed by atoms with E-state index in [2.05, 4.69) is 0 Å². The Morgan fingerprint density at radius 1 is 1.21 bits per heavy atom. The Bertz CT molecular complexity index is 640. The monoisotopic (exact) mass is 362 g/mol. The van der Waals surface area contributed by atoms with Gasteiger partial charge in [0.05, 0.1) is 28.4 Å². The number of hydrogen-bond acceptors (Lipinski definition) is 3. The van der Waals surface area contributed by atoms with Crippen molar-refractivity contribution in [2.75, 3.05) is 6.61 Å². The minimum atomic E-state index is -4.55. The molecule has 0 unspecified atom stereocenters. The lowest BCUT2D eigenvalue weighted by Gasteiger charge is -2.32. The molecule has 1 fully saturated rings. The van der Waals surface area contributed by atoms with E-state index in [-0.39, 0.29) is 10.6 Å². The average molecular weight is 363 g/mol. The van der Waals surface area contributed by atoms with Crippen LogP contribution in [0.3, 0.4) is 0 Å². The van der Waals surface area contributed by atoms with Crippen LogP contribution in [0.25, 0.3) is 6.08 Å². The average Bonchev–Trinajstić information content (AvgIpc) is 2.65. The summed E-state index contributed by atoms with van der Waals surface area (Å²) in [6.45, 7) is 7.01. The predicted octanol–water partition coefficient (Wildman–Crippen LogP) is 4.37. The maximum atomic E-state index is 12.9. The fourth-order valence-corrected chi connectivity index (χ4v) is 2.47. The Balaban J connectivity index is 2.36. The quantitative estimate of drug-likeness (QED) is 0.812. The van der Waals surface area contributed by atoms with Crippen molar-refractivity contribution in [2.24, 2.45) is 0 Å². The molecule has 1 N–H and O–H groups in total. The third-order valence-corrected chi connectivity index (χ3v) is 4.72. The van der Waals surface area contributed by atoms with Gasteiger partial charge in [-0.2, -0.15) is 13.2 Å². The third-order valence-electron chi connectivity index (χ3n) is 4.39. The predicted molar refractivity (Wildman–Crippen MR) is 87.6 cm³/mol. The van der Waals surface area contributed by atoms with Gasteiger partial charge in [0.1, 0.15) is 0 Å². The van der Waals surface area contributed by atoms with Crippen LogP contribution < -0.4 is 0 Å². The molecule has 0 saturated carbocycles. The molecule has 1 saturated heterocycles. The van der Waals surface area contributed by atoms with Gasteiger partial charge in [-0.3, -0.25) is 0 Å². The first-order valence-electron chi connectivity index (χ1n) is 7.41. The van der Waals surface area contributed by atoms with Crippen molar-refractivity contribution in [3.63, 3.8) is 0 Å². The minimum Gasteiger partial charge on any atom is -0.400 e. The Kier molecular flexibility index (Phi) is 5.13. The highest BCUT2D eigenvalue weighted by molar-refractivity contribution is 6.55. The van der Waals surface area contributed by atoms with E-state index >= 15 is 0 Å². The lowest BCUT2D eigenvalue weighted by molar-refractivity contribution is -0.137. The van der Waals surface area contributed by atoms with Gasteiger partial charge in [0.15, 0.2) is 0 Å². The van der Waals surface area contributed by atoms with Crippen LogP contribution in [0.1, 0.15) is 38.8 Å². The van der Waals surface area contributed by atoms with E-state index in [0.29, 0.717) is 5.47 Å². The number of rotatable bonds is 3. The molecular formula is C16H19BClF3O3. The van der Waals surface area contributed by atoms with Gasteiger partial charge in [0.2, 0.25) is 0 Å². The molecule has 132 valence electrons. The Morgan fingerprint density at radius 3 is 2.21 bits per heavy atom. The van der Waals surface area contributed by atoms with Crippen LogP contribution in [0.2, 0.25) is 5.02 Å². The second-order valence-electron chi connectivity index (χ2n) is 6.70. The molecule has 0 radical (unpaired) electrons. The van der Waals surface area contributed by atoms with E-state index in [1.807, 2.05) is 27.7 Å². The molecule has 1 aromatic carbocycles. The molecular weight excluding hydrogens is 343 g/mol. The molecule has 1 heterocycles. The first-order valence-corrected chi connectivity index (χ1v) is 7.79. The summed E-state index contributed by atoms with van der Waals surface area (Å²) in [7, 11) is -0.829. The van der Waals surface area contributed by atoms with Crippen LogP contribution in [0.5, 0.6) is 0 Å². The van der Waals surface area contributed by atoms with Gasteiger partial charge in [0.25, 0.3) is 0 Å². The molecule has 3 nitrogen and oxygen atoms in total. The molecule has 24 heavy (non-hydrogen) atoms. The third kappa shape index (κ3) is 3.80. The van der Waals surface area contributed by atoms with Gasteiger partial charge in [-0.25, -0.2) is 0 Å². The first-order chi connectivity index (χ1) is 10.9. The molecule has 1 aliphatic heterocycles. The van der Waals surface area contributed by atoms with Crippen LogP contribution in [0, 0.1) is 0 Å². The smallest absolute Gasteiger partial charge is 0.400 e. The van der Waals surface area contributed by atoms with Crippen molar-refractivity contribution in [1.29, 1.82) is 0 Å². The zero-order chi connectivity index (χ0) is 18.3. The summed E-state index contributed by atoms with van der Waals surface area (Å²) in [5, 5.41) is 9.22. The van der Waals surface area contributed by atoms with Gasteiger partial charge < -0.3 is 14.4 Å². The SMILES string of the molecule is CC1(C)OB(C(=Cc2ccc(Cl)c(C(F)(F)F)c2)CO)OC1(C)C. The zero-order valence-electron chi connectivity index (χ0n) is 13.9. The van der Waals surface area contributed by atoms with Crippen LogP contribution in [0.4, 0.5) is 13.2 Å². The zero-order valence-corrected chi connectivity index (χ0v) is 14.6. The van der Waals surface area contributed by atoms with E-state index in [9.17, 15) is 18.3 Å². The highest BCUT2D eigenvalue weighted by atomic mass is 35.5. The van der Waals surface area contributed by atoms with Crippen LogP contribution in [-0.2, 0) is 15.5 Å². The summed E-state index contributed by atoms with van der Waals surface area (Å²) in [5.74, 6) is 0. The molecule has 0 atom stereocenters. The van der Waals surface area contributed by atoms with E-state index < -0.39 is 36.7 Å². The van der Waals surface area contributed by atoms with Crippen molar-refractivity contribution in [2.45, 2.75) is 45.1 Å². The summed E-state index contributed by atoms with van der Waals surface area (Å²) in [6.07, 6.45) is -3.13. The lowest BCUT2D eigenvalue weighted by Crippen LogP contribution is -2.41. The topological polar surface area (TPSA) is 38.7 Å². The van der Waals surface area contributed by atoms with Crippen molar-refractivity contribution in [3.05, 3.63) is 39.8 Å². The number of benzene rings is 1. The van der Waals surface area contributed by atoms with Crippen molar-refractivity contribution >= 4 is 24.8 Å².